The largest absolute Gasteiger partial charge is 0.497 e. The molecule has 0 saturated heterocycles. The Labute approximate surface area is 113 Å². The molecule has 2 rings (SSSR count). The van der Waals surface area contributed by atoms with Gasteiger partial charge in [0.1, 0.15) is 9.45 Å². The molecule has 0 aliphatic carbocycles. The van der Waals surface area contributed by atoms with Gasteiger partial charge in [0.25, 0.3) is 0 Å². The Bertz CT molecular complexity index is 481. The highest BCUT2D eigenvalue weighted by atomic mass is 127. The van der Waals surface area contributed by atoms with Crippen molar-refractivity contribution in [1.29, 1.82) is 0 Å². The minimum absolute atomic E-state index is 0.689. The predicted octanol–water partition coefficient (Wildman–Crippen LogP) is 3.20. The molecule has 2 aromatic rings. The Balaban J connectivity index is 2.17. The molecular weight excluding hydrogens is 338 g/mol. The summed E-state index contributed by atoms with van der Waals surface area (Å²) >= 11 is 8.12. The van der Waals surface area contributed by atoms with Gasteiger partial charge < -0.3 is 4.74 Å². The van der Waals surface area contributed by atoms with Crippen LogP contribution in [0.3, 0.4) is 0 Å². The molecule has 0 bridgehead atoms. The highest BCUT2D eigenvalue weighted by molar-refractivity contribution is 14.1. The quantitative estimate of drug-likeness (QED) is 0.797. The number of hydrogen-bond donors (Lipinski definition) is 0. The smallest absolute Gasteiger partial charge is 0.118 e. The van der Waals surface area contributed by atoms with Gasteiger partial charge in [0.15, 0.2) is 0 Å². The monoisotopic (exact) mass is 348 g/mol. The van der Waals surface area contributed by atoms with E-state index in [1.807, 2.05) is 28.9 Å². The van der Waals surface area contributed by atoms with Gasteiger partial charge in [-0.05, 0) is 40.3 Å². The molecule has 0 aliphatic heterocycles. The van der Waals surface area contributed by atoms with E-state index in [-0.39, 0.29) is 0 Å². The zero-order chi connectivity index (χ0) is 11.5. The molecule has 0 aliphatic rings. The molecule has 0 amide bonds. The molecule has 16 heavy (non-hydrogen) atoms. The summed E-state index contributed by atoms with van der Waals surface area (Å²) in [6, 6.07) is 7.91. The van der Waals surface area contributed by atoms with Crippen LogP contribution in [0.25, 0.3) is 0 Å². The highest BCUT2D eigenvalue weighted by Gasteiger charge is 2.05. The molecule has 1 heterocycles. The summed E-state index contributed by atoms with van der Waals surface area (Å²) in [5.41, 5.74) is 1.17. The summed E-state index contributed by atoms with van der Waals surface area (Å²) in [6.07, 6.45) is 1.66. The first kappa shape index (κ1) is 11.7. The zero-order valence-corrected chi connectivity index (χ0v) is 11.6. The van der Waals surface area contributed by atoms with Crippen molar-refractivity contribution in [3.63, 3.8) is 0 Å². The summed E-state index contributed by atoms with van der Waals surface area (Å²) in [5.74, 6) is 0.858. The first-order valence-electron chi connectivity index (χ1n) is 4.70. The third-order valence-electron chi connectivity index (χ3n) is 2.23. The number of halogens is 2. The van der Waals surface area contributed by atoms with E-state index in [2.05, 4.69) is 27.7 Å². The van der Waals surface area contributed by atoms with E-state index in [4.69, 9.17) is 16.3 Å². The van der Waals surface area contributed by atoms with Gasteiger partial charge in [-0.3, -0.25) is 4.68 Å². The molecule has 0 N–H and O–H groups in total. The van der Waals surface area contributed by atoms with Crippen molar-refractivity contribution in [3.05, 3.63) is 44.7 Å². The van der Waals surface area contributed by atoms with Gasteiger partial charge >= 0.3 is 0 Å². The molecule has 84 valence electrons. The van der Waals surface area contributed by atoms with Gasteiger partial charge in [0, 0.05) is 0 Å². The maximum absolute atomic E-state index is 5.93. The Kier molecular flexibility index (Phi) is 3.70. The molecular formula is C11H10ClIN2O. The lowest BCUT2D eigenvalue weighted by atomic mass is 10.2. The Hall–Kier alpha value is -0.750. The zero-order valence-electron chi connectivity index (χ0n) is 8.65. The van der Waals surface area contributed by atoms with Crippen molar-refractivity contribution in [1.82, 2.24) is 9.78 Å². The van der Waals surface area contributed by atoms with Crippen LogP contribution >= 0.6 is 34.2 Å². The van der Waals surface area contributed by atoms with Crippen LogP contribution in [-0.4, -0.2) is 16.9 Å². The standard InChI is InChI=1S/C11H10ClIN2O/c1-16-9-4-2-8(3-5-9)7-15-11(13)10(12)6-14-15/h2-6H,7H2,1H3. The number of aromatic nitrogens is 2. The minimum Gasteiger partial charge on any atom is -0.497 e. The van der Waals surface area contributed by atoms with Gasteiger partial charge in [-0.1, -0.05) is 23.7 Å². The normalized spacial score (nSPS) is 10.4. The van der Waals surface area contributed by atoms with Gasteiger partial charge in [-0.2, -0.15) is 5.10 Å². The Morgan fingerprint density at radius 2 is 2.06 bits per heavy atom. The van der Waals surface area contributed by atoms with Crippen molar-refractivity contribution in [2.45, 2.75) is 6.54 Å². The second-order valence-electron chi connectivity index (χ2n) is 3.29. The average Bonchev–Trinajstić information content (AvgIpc) is 2.62. The van der Waals surface area contributed by atoms with Gasteiger partial charge in [0.2, 0.25) is 0 Å². The van der Waals surface area contributed by atoms with E-state index >= 15 is 0 Å². The first-order valence-corrected chi connectivity index (χ1v) is 6.16. The summed E-state index contributed by atoms with van der Waals surface area (Å²) in [7, 11) is 1.66. The number of rotatable bonds is 3. The molecule has 0 unspecified atom stereocenters. The van der Waals surface area contributed by atoms with Crippen LogP contribution in [0.2, 0.25) is 5.02 Å². The molecule has 5 heteroatoms. The molecule has 1 aromatic heterocycles. The molecule has 0 saturated carbocycles. The van der Waals surface area contributed by atoms with E-state index in [9.17, 15) is 0 Å². The molecule has 1 aromatic carbocycles. The third kappa shape index (κ3) is 2.49. The lowest BCUT2D eigenvalue weighted by molar-refractivity contribution is 0.414. The van der Waals surface area contributed by atoms with Crippen LogP contribution in [-0.2, 0) is 6.54 Å². The molecule has 0 atom stereocenters. The molecule has 3 nitrogen and oxygen atoms in total. The minimum atomic E-state index is 0.689. The Morgan fingerprint density at radius 1 is 1.38 bits per heavy atom. The van der Waals surface area contributed by atoms with Crippen LogP contribution in [0.4, 0.5) is 0 Å². The number of benzene rings is 1. The lowest BCUT2D eigenvalue weighted by Gasteiger charge is -2.05. The summed E-state index contributed by atoms with van der Waals surface area (Å²) in [6.45, 7) is 0.717. The van der Waals surface area contributed by atoms with Crippen molar-refractivity contribution in [2.75, 3.05) is 7.11 Å². The van der Waals surface area contributed by atoms with Crippen LogP contribution in [0.15, 0.2) is 30.5 Å². The molecule has 0 spiro atoms. The Morgan fingerprint density at radius 3 is 2.56 bits per heavy atom. The van der Waals surface area contributed by atoms with Crippen LogP contribution in [0.5, 0.6) is 5.75 Å². The fourth-order valence-corrected chi connectivity index (χ4v) is 1.94. The topological polar surface area (TPSA) is 27.1 Å². The first-order chi connectivity index (χ1) is 7.70. The van der Waals surface area contributed by atoms with Crippen molar-refractivity contribution in [3.8, 4) is 5.75 Å². The summed E-state index contributed by atoms with van der Waals surface area (Å²) in [5, 5.41) is 4.89. The number of methoxy groups -OCH3 is 1. The van der Waals surface area contributed by atoms with Crippen LogP contribution in [0.1, 0.15) is 5.56 Å². The van der Waals surface area contributed by atoms with E-state index in [0.29, 0.717) is 5.02 Å². The number of ether oxygens (including phenoxy) is 1. The van der Waals surface area contributed by atoms with E-state index in [1.165, 1.54) is 5.56 Å². The SMILES string of the molecule is COc1ccc(Cn2ncc(Cl)c2I)cc1. The molecule has 0 fully saturated rings. The maximum atomic E-state index is 5.93. The van der Waals surface area contributed by atoms with Crippen molar-refractivity contribution in [2.24, 2.45) is 0 Å². The predicted molar refractivity (Wildman–Crippen MR) is 72.1 cm³/mol. The fourth-order valence-electron chi connectivity index (χ4n) is 1.36. The van der Waals surface area contributed by atoms with Gasteiger partial charge in [-0.25, -0.2) is 0 Å². The second-order valence-corrected chi connectivity index (χ2v) is 4.72. The van der Waals surface area contributed by atoms with Crippen LogP contribution < -0.4 is 4.74 Å². The number of nitrogens with zero attached hydrogens (tertiary/aromatic N) is 2. The van der Waals surface area contributed by atoms with E-state index in [1.54, 1.807) is 13.3 Å². The second kappa shape index (κ2) is 5.05. The lowest BCUT2D eigenvalue weighted by Crippen LogP contribution is -2.03. The van der Waals surface area contributed by atoms with Crippen LogP contribution in [0, 0.1) is 3.70 Å². The van der Waals surface area contributed by atoms with Crippen molar-refractivity contribution < 1.29 is 4.74 Å². The summed E-state index contributed by atoms with van der Waals surface area (Å²) < 4.78 is 7.92. The fraction of sp³-hybridized carbons (Fsp3) is 0.182. The van der Waals surface area contributed by atoms with Gasteiger partial charge in [-0.15, -0.1) is 0 Å². The maximum Gasteiger partial charge on any atom is 0.118 e. The third-order valence-corrected chi connectivity index (χ3v) is 3.96. The van der Waals surface area contributed by atoms with E-state index in [0.717, 1.165) is 16.0 Å². The summed E-state index contributed by atoms with van der Waals surface area (Å²) in [4.78, 5) is 0. The average molecular weight is 349 g/mol. The van der Waals surface area contributed by atoms with E-state index < -0.39 is 0 Å². The highest BCUT2D eigenvalue weighted by Crippen LogP contribution is 2.19. The van der Waals surface area contributed by atoms with Crippen molar-refractivity contribution >= 4 is 34.2 Å². The number of hydrogen-bond acceptors (Lipinski definition) is 2. The van der Waals surface area contributed by atoms with Gasteiger partial charge in [0.05, 0.1) is 24.9 Å². The molecule has 0 radical (unpaired) electrons.